The molecule has 1 fully saturated rings. The van der Waals surface area contributed by atoms with Crippen molar-refractivity contribution in [3.05, 3.63) is 26.5 Å². The lowest BCUT2D eigenvalue weighted by atomic mass is 10.3. The van der Waals surface area contributed by atoms with Crippen LogP contribution in [0.3, 0.4) is 0 Å². The number of pyridine rings is 1. The van der Waals surface area contributed by atoms with Gasteiger partial charge in [0, 0.05) is 6.04 Å². The highest BCUT2D eigenvalue weighted by Gasteiger charge is 2.30. The molecule has 0 amide bonds. The van der Waals surface area contributed by atoms with E-state index in [0.717, 1.165) is 12.8 Å². The molecule has 3 rings (SSSR count). The Balaban J connectivity index is 2.46. The van der Waals surface area contributed by atoms with E-state index in [1.165, 1.54) is 16.3 Å². The van der Waals surface area contributed by atoms with Crippen LogP contribution in [-0.4, -0.2) is 20.8 Å². The van der Waals surface area contributed by atoms with Gasteiger partial charge in [0.1, 0.15) is 16.1 Å². The van der Waals surface area contributed by atoms with Crippen LogP contribution in [-0.2, 0) is 0 Å². The van der Waals surface area contributed by atoms with Crippen molar-refractivity contribution >= 4 is 45.9 Å². The highest BCUT2D eigenvalue weighted by molar-refractivity contribution is 7.98. The normalized spacial score (nSPS) is 15.2. The lowest BCUT2D eigenvalue weighted by Crippen LogP contribution is -2.22. The predicted molar refractivity (Wildman–Crippen MR) is 73.8 cm³/mol. The minimum absolute atomic E-state index is 0.00623. The van der Waals surface area contributed by atoms with Crippen molar-refractivity contribution in [1.29, 1.82) is 0 Å². The molecule has 2 aromatic heterocycles. The summed E-state index contributed by atoms with van der Waals surface area (Å²) in [5.74, 6) is -0.720. The standard InChI is InChI=1S/C11H8Cl2FN3OS/c1-19-11-15-7-5(8(12)16-11)10(18)17(4-2-3-4)9(13)6(7)14/h4H,2-3H2,1H3. The van der Waals surface area contributed by atoms with Crippen molar-refractivity contribution in [2.45, 2.75) is 24.0 Å². The summed E-state index contributed by atoms with van der Waals surface area (Å²) in [4.78, 5) is 20.3. The van der Waals surface area contributed by atoms with Crippen LogP contribution in [0.2, 0.25) is 10.3 Å². The molecule has 0 radical (unpaired) electrons. The molecule has 2 aromatic rings. The largest absolute Gasteiger partial charge is 0.293 e. The molecule has 0 bridgehead atoms. The molecule has 1 aliphatic carbocycles. The lowest BCUT2D eigenvalue weighted by Gasteiger charge is -2.11. The minimum Gasteiger partial charge on any atom is -0.293 e. The van der Waals surface area contributed by atoms with Gasteiger partial charge >= 0.3 is 0 Å². The van der Waals surface area contributed by atoms with E-state index in [1.807, 2.05) is 0 Å². The summed E-state index contributed by atoms with van der Waals surface area (Å²) in [6, 6.07) is -0.0461. The van der Waals surface area contributed by atoms with Crippen molar-refractivity contribution in [2.24, 2.45) is 0 Å². The van der Waals surface area contributed by atoms with Crippen LogP contribution < -0.4 is 5.56 Å². The Labute approximate surface area is 121 Å². The quantitative estimate of drug-likeness (QED) is 0.369. The molecule has 0 saturated heterocycles. The van der Waals surface area contributed by atoms with Crippen molar-refractivity contribution in [3.8, 4) is 0 Å². The molecule has 0 aliphatic heterocycles. The van der Waals surface area contributed by atoms with E-state index in [-0.39, 0.29) is 27.3 Å². The topological polar surface area (TPSA) is 47.8 Å². The van der Waals surface area contributed by atoms with E-state index in [9.17, 15) is 9.18 Å². The summed E-state index contributed by atoms with van der Waals surface area (Å²) in [5, 5.41) is 0.0513. The van der Waals surface area contributed by atoms with Gasteiger partial charge in [-0.2, -0.15) is 0 Å². The fraction of sp³-hybridized carbons (Fsp3) is 0.364. The first kappa shape index (κ1) is 13.1. The third kappa shape index (κ3) is 2.02. The molecule has 1 aliphatic rings. The molecule has 0 N–H and O–H groups in total. The molecule has 100 valence electrons. The Kier molecular flexibility index (Phi) is 3.19. The zero-order valence-electron chi connectivity index (χ0n) is 9.78. The van der Waals surface area contributed by atoms with Crippen LogP contribution in [0.4, 0.5) is 4.39 Å². The lowest BCUT2D eigenvalue weighted by molar-refractivity contribution is 0.596. The Hall–Kier alpha value is -0.850. The zero-order valence-corrected chi connectivity index (χ0v) is 12.1. The highest BCUT2D eigenvalue weighted by Crippen LogP contribution is 2.38. The van der Waals surface area contributed by atoms with Gasteiger partial charge < -0.3 is 0 Å². The minimum atomic E-state index is -0.720. The van der Waals surface area contributed by atoms with E-state index in [2.05, 4.69) is 9.97 Å². The third-order valence-electron chi connectivity index (χ3n) is 2.97. The number of fused-ring (bicyclic) bond motifs is 1. The summed E-state index contributed by atoms with van der Waals surface area (Å²) < 4.78 is 15.5. The molecular weight excluding hydrogens is 312 g/mol. The molecule has 0 unspecified atom stereocenters. The molecule has 0 aromatic carbocycles. The maximum atomic E-state index is 14.3. The van der Waals surface area contributed by atoms with Crippen LogP contribution in [0, 0.1) is 5.82 Å². The molecule has 4 nitrogen and oxygen atoms in total. The van der Waals surface area contributed by atoms with Crippen molar-refractivity contribution < 1.29 is 4.39 Å². The average Bonchev–Trinajstić information content (AvgIpc) is 3.19. The molecule has 0 atom stereocenters. The van der Waals surface area contributed by atoms with Crippen LogP contribution in [0.25, 0.3) is 10.9 Å². The van der Waals surface area contributed by atoms with E-state index in [1.54, 1.807) is 6.26 Å². The summed E-state index contributed by atoms with van der Waals surface area (Å²) in [7, 11) is 0. The van der Waals surface area contributed by atoms with Gasteiger partial charge in [-0.15, -0.1) is 0 Å². The second-order valence-corrected chi connectivity index (χ2v) is 5.73. The smallest absolute Gasteiger partial charge is 0.264 e. The van der Waals surface area contributed by atoms with Crippen LogP contribution >= 0.6 is 35.0 Å². The Morgan fingerprint density at radius 3 is 2.63 bits per heavy atom. The average molecular weight is 320 g/mol. The number of rotatable bonds is 2. The number of halogens is 3. The first-order valence-electron chi connectivity index (χ1n) is 5.55. The summed E-state index contributed by atoms with van der Waals surface area (Å²) in [6.45, 7) is 0. The zero-order chi connectivity index (χ0) is 13.7. The summed E-state index contributed by atoms with van der Waals surface area (Å²) in [5.41, 5.74) is -0.544. The van der Waals surface area contributed by atoms with Crippen LogP contribution in [0.5, 0.6) is 0 Å². The summed E-state index contributed by atoms with van der Waals surface area (Å²) >= 11 is 13.1. The number of hydrogen-bond donors (Lipinski definition) is 0. The molecule has 0 spiro atoms. The molecular formula is C11H8Cl2FN3OS. The maximum Gasteiger partial charge on any atom is 0.264 e. The van der Waals surface area contributed by atoms with Gasteiger partial charge in [-0.3, -0.25) is 9.36 Å². The number of thioether (sulfide) groups is 1. The van der Waals surface area contributed by atoms with Gasteiger partial charge in [0.2, 0.25) is 0 Å². The maximum absolute atomic E-state index is 14.3. The molecule has 19 heavy (non-hydrogen) atoms. The van der Waals surface area contributed by atoms with Crippen molar-refractivity contribution in [1.82, 2.24) is 14.5 Å². The number of aromatic nitrogens is 3. The van der Waals surface area contributed by atoms with Gasteiger partial charge in [0.05, 0.1) is 0 Å². The monoisotopic (exact) mass is 319 g/mol. The van der Waals surface area contributed by atoms with Gasteiger partial charge in [0.15, 0.2) is 16.1 Å². The SMILES string of the molecule is CSc1nc(Cl)c2c(=O)n(C3CC3)c(Cl)c(F)c2n1. The highest BCUT2D eigenvalue weighted by atomic mass is 35.5. The Morgan fingerprint density at radius 1 is 1.37 bits per heavy atom. The summed E-state index contributed by atoms with van der Waals surface area (Å²) in [6.07, 6.45) is 3.36. The molecule has 2 heterocycles. The van der Waals surface area contributed by atoms with E-state index < -0.39 is 11.4 Å². The Bertz CT molecular complexity index is 745. The Morgan fingerprint density at radius 2 is 2.05 bits per heavy atom. The fourth-order valence-electron chi connectivity index (χ4n) is 1.93. The van der Waals surface area contributed by atoms with Crippen LogP contribution in [0.1, 0.15) is 18.9 Å². The van der Waals surface area contributed by atoms with E-state index in [4.69, 9.17) is 23.2 Å². The first-order valence-corrected chi connectivity index (χ1v) is 7.53. The molecule has 1 saturated carbocycles. The van der Waals surface area contributed by atoms with Crippen molar-refractivity contribution in [3.63, 3.8) is 0 Å². The second-order valence-electron chi connectivity index (χ2n) is 4.24. The van der Waals surface area contributed by atoms with E-state index >= 15 is 0 Å². The van der Waals surface area contributed by atoms with Gasteiger partial charge in [-0.1, -0.05) is 35.0 Å². The first-order chi connectivity index (χ1) is 9.04. The predicted octanol–water partition coefficient (Wildman–Crippen LogP) is 3.29. The van der Waals surface area contributed by atoms with E-state index in [0.29, 0.717) is 5.16 Å². The molecule has 8 heteroatoms. The number of hydrogen-bond acceptors (Lipinski definition) is 4. The van der Waals surface area contributed by atoms with Crippen molar-refractivity contribution in [2.75, 3.05) is 6.26 Å². The second kappa shape index (κ2) is 4.61. The van der Waals surface area contributed by atoms with Gasteiger partial charge in [-0.05, 0) is 19.1 Å². The van der Waals surface area contributed by atoms with Gasteiger partial charge in [0.25, 0.3) is 5.56 Å². The third-order valence-corrected chi connectivity index (χ3v) is 4.14. The van der Waals surface area contributed by atoms with Crippen LogP contribution in [0.15, 0.2) is 9.95 Å². The van der Waals surface area contributed by atoms with Gasteiger partial charge in [-0.25, -0.2) is 14.4 Å². The fourth-order valence-corrected chi connectivity index (χ4v) is 2.90. The number of nitrogens with zero attached hydrogens (tertiary/aromatic N) is 3.